The molecule has 10 heavy (non-hydrogen) atoms. The predicted molar refractivity (Wildman–Crippen MR) is 36.5 cm³/mol. The fraction of sp³-hybridized carbons (Fsp3) is 0.143. The number of rotatable bonds is 1. The summed E-state index contributed by atoms with van der Waals surface area (Å²) in [5.74, 6) is 2.37. The number of ether oxygens (including phenoxy) is 1. The average Bonchev–Trinajstić information content (AvgIpc) is 2.05. The Labute approximate surface area is 59.1 Å². The molecule has 0 aliphatic rings. The molecule has 1 aromatic heterocycles. The van der Waals surface area contributed by atoms with Crippen LogP contribution in [0.15, 0.2) is 12.3 Å². The molecule has 50 valence electrons. The minimum atomic E-state index is 0.301. The van der Waals surface area contributed by atoms with Gasteiger partial charge in [0.15, 0.2) is 0 Å². The first-order valence-corrected chi connectivity index (χ1v) is 2.70. The van der Waals surface area contributed by atoms with E-state index in [1.54, 1.807) is 12.3 Å². The van der Waals surface area contributed by atoms with Crippen LogP contribution >= 0.6 is 0 Å². The number of hydrogen-bond donors (Lipinski definition) is 0. The Morgan fingerprint density at radius 3 is 3.10 bits per heavy atom. The molecule has 0 bridgehead atoms. The standard InChI is InChI=1S/C7H6N2O/c1-3-6-4-5-8-7(9-6)10-2/h1,4-5H,2H3. The molecule has 3 nitrogen and oxygen atoms in total. The molecule has 3 heteroatoms. The highest BCUT2D eigenvalue weighted by molar-refractivity contribution is 5.23. The van der Waals surface area contributed by atoms with Gasteiger partial charge in [-0.05, 0) is 12.0 Å². The number of terminal acetylenes is 1. The van der Waals surface area contributed by atoms with Crippen molar-refractivity contribution in [2.75, 3.05) is 7.11 Å². The number of aromatic nitrogens is 2. The molecule has 0 aliphatic heterocycles. The molecule has 0 unspecified atom stereocenters. The van der Waals surface area contributed by atoms with Crippen LogP contribution < -0.4 is 4.74 Å². The van der Waals surface area contributed by atoms with Crippen LogP contribution in [-0.2, 0) is 0 Å². The summed E-state index contributed by atoms with van der Waals surface area (Å²) in [5.41, 5.74) is 0.534. The van der Waals surface area contributed by atoms with Crippen LogP contribution in [0.5, 0.6) is 6.01 Å². The maximum absolute atomic E-state index is 5.08. The third-order valence-corrected chi connectivity index (χ3v) is 0.964. The molecule has 0 fully saturated rings. The van der Waals surface area contributed by atoms with Crippen molar-refractivity contribution in [3.8, 4) is 18.4 Å². The summed E-state index contributed by atoms with van der Waals surface area (Å²) in [6.07, 6.45) is 6.63. The number of hydrogen-bond acceptors (Lipinski definition) is 3. The van der Waals surface area contributed by atoms with Crippen LogP contribution in [0.4, 0.5) is 0 Å². The van der Waals surface area contributed by atoms with Crippen molar-refractivity contribution in [3.05, 3.63) is 18.0 Å². The fourth-order valence-corrected chi connectivity index (χ4v) is 0.520. The van der Waals surface area contributed by atoms with Gasteiger partial charge in [0, 0.05) is 6.20 Å². The summed E-state index contributed by atoms with van der Waals surface area (Å²) >= 11 is 0. The first-order chi connectivity index (χ1) is 4.86. The van der Waals surface area contributed by atoms with E-state index in [-0.39, 0.29) is 0 Å². The van der Waals surface area contributed by atoms with Gasteiger partial charge in [0.05, 0.1) is 7.11 Å². The van der Waals surface area contributed by atoms with Crippen LogP contribution in [0.3, 0.4) is 0 Å². The second-order valence-electron chi connectivity index (χ2n) is 1.57. The van der Waals surface area contributed by atoms with Crippen molar-refractivity contribution < 1.29 is 4.74 Å². The van der Waals surface area contributed by atoms with E-state index < -0.39 is 0 Å². The van der Waals surface area contributed by atoms with Gasteiger partial charge in [-0.3, -0.25) is 0 Å². The molecule has 1 rings (SSSR count). The Morgan fingerprint density at radius 1 is 1.70 bits per heavy atom. The van der Waals surface area contributed by atoms with Crippen LogP contribution in [0.1, 0.15) is 5.69 Å². The molecule has 0 aromatic carbocycles. The quantitative estimate of drug-likeness (QED) is 0.523. The van der Waals surface area contributed by atoms with Gasteiger partial charge < -0.3 is 4.74 Å². The first kappa shape index (κ1) is 6.56. The van der Waals surface area contributed by atoms with Gasteiger partial charge in [-0.1, -0.05) is 0 Å². The van der Waals surface area contributed by atoms with Crippen molar-refractivity contribution in [3.63, 3.8) is 0 Å². The van der Waals surface area contributed by atoms with Crippen LogP contribution in [0.25, 0.3) is 0 Å². The van der Waals surface area contributed by atoms with E-state index in [9.17, 15) is 0 Å². The van der Waals surface area contributed by atoms with Gasteiger partial charge in [-0.15, -0.1) is 6.42 Å². The third kappa shape index (κ3) is 1.23. The normalized spacial score (nSPS) is 8.40. The number of methoxy groups -OCH3 is 1. The van der Waals surface area contributed by atoms with E-state index in [0.29, 0.717) is 11.7 Å². The minimum absolute atomic E-state index is 0.301. The summed E-state index contributed by atoms with van der Waals surface area (Å²) < 4.78 is 4.74. The van der Waals surface area contributed by atoms with Gasteiger partial charge in [-0.25, -0.2) is 4.98 Å². The van der Waals surface area contributed by atoms with Gasteiger partial charge in [0.25, 0.3) is 0 Å². The number of nitrogens with zero attached hydrogens (tertiary/aromatic N) is 2. The van der Waals surface area contributed by atoms with Crippen molar-refractivity contribution in [1.82, 2.24) is 9.97 Å². The maximum Gasteiger partial charge on any atom is 0.317 e. The maximum atomic E-state index is 5.08. The topological polar surface area (TPSA) is 35.0 Å². The van der Waals surface area contributed by atoms with E-state index in [1.165, 1.54) is 7.11 Å². The lowest BCUT2D eigenvalue weighted by molar-refractivity contribution is 0.379. The van der Waals surface area contributed by atoms with E-state index in [2.05, 4.69) is 15.9 Å². The van der Waals surface area contributed by atoms with E-state index >= 15 is 0 Å². The Balaban J connectivity index is 3.01. The van der Waals surface area contributed by atoms with Crippen LogP contribution in [-0.4, -0.2) is 17.1 Å². The lowest BCUT2D eigenvalue weighted by Crippen LogP contribution is -1.92. The van der Waals surface area contributed by atoms with Crippen molar-refractivity contribution in [2.45, 2.75) is 0 Å². The van der Waals surface area contributed by atoms with Crippen molar-refractivity contribution in [1.29, 1.82) is 0 Å². The Kier molecular flexibility index (Phi) is 1.86. The SMILES string of the molecule is C#Cc1ccnc(OC)n1. The summed E-state index contributed by atoms with van der Waals surface area (Å²) in [7, 11) is 1.50. The van der Waals surface area contributed by atoms with Gasteiger partial charge >= 0.3 is 6.01 Å². The highest BCUT2D eigenvalue weighted by atomic mass is 16.5. The van der Waals surface area contributed by atoms with E-state index in [1.807, 2.05) is 0 Å². The van der Waals surface area contributed by atoms with Gasteiger partial charge in [-0.2, -0.15) is 4.98 Å². The average molecular weight is 134 g/mol. The zero-order chi connectivity index (χ0) is 7.40. The zero-order valence-corrected chi connectivity index (χ0v) is 5.53. The Bertz CT molecular complexity index is 265. The molecule has 0 N–H and O–H groups in total. The molecule has 0 saturated carbocycles. The Morgan fingerprint density at radius 2 is 2.50 bits per heavy atom. The molecule has 0 saturated heterocycles. The predicted octanol–water partition coefficient (Wildman–Crippen LogP) is 0.467. The molecular formula is C7H6N2O. The zero-order valence-electron chi connectivity index (χ0n) is 5.53. The molecule has 0 atom stereocenters. The summed E-state index contributed by atoms with van der Waals surface area (Å²) in [5, 5.41) is 0. The van der Waals surface area contributed by atoms with Crippen molar-refractivity contribution >= 4 is 0 Å². The lowest BCUT2D eigenvalue weighted by Gasteiger charge is -1.94. The minimum Gasteiger partial charge on any atom is -0.467 e. The van der Waals surface area contributed by atoms with Gasteiger partial charge in [0.1, 0.15) is 5.69 Å². The summed E-state index contributed by atoms with van der Waals surface area (Å²) in [6, 6.07) is 1.94. The molecule has 0 aliphatic carbocycles. The molecule has 1 heterocycles. The van der Waals surface area contributed by atoms with Gasteiger partial charge in [0.2, 0.25) is 0 Å². The van der Waals surface area contributed by atoms with Crippen LogP contribution in [0.2, 0.25) is 0 Å². The largest absolute Gasteiger partial charge is 0.467 e. The second kappa shape index (κ2) is 2.83. The monoisotopic (exact) mass is 134 g/mol. The summed E-state index contributed by atoms with van der Waals surface area (Å²) in [4.78, 5) is 7.62. The van der Waals surface area contributed by atoms with E-state index in [0.717, 1.165) is 0 Å². The fourth-order valence-electron chi connectivity index (χ4n) is 0.520. The molecule has 0 amide bonds. The smallest absolute Gasteiger partial charge is 0.317 e. The summed E-state index contributed by atoms with van der Waals surface area (Å²) in [6.45, 7) is 0. The molecule has 1 aromatic rings. The first-order valence-electron chi connectivity index (χ1n) is 2.70. The molecule has 0 spiro atoms. The highest BCUT2D eigenvalue weighted by Gasteiger charge is 1.92. The van der Waals surface area contributed by atoms with Crippen molar-refractivity contribution in [2.24, 2.45) is 0 Å². The molecule has 0 radical (unpaired) electrons. The Hall–Kier alpha value is -1.56. The second-order valence-corrected chi connectivity index (χ2v) is 1.57. The lowest BCUT2D eigenvalue weighted by atomic mass is 10.4. The third-order valence-electron chi connectivity index (χ3n) is 0.964. The highest BCUT2D eigenvalue weighted by Crippen LogP contribution is 1.99. The van der Waals surface area contributed by atoms with Crippen LogP contribution in [0, 0.1) is 12.3 Å². The van der Waals surface area contributed by atoms with E-state index in [4.69, 9.17) is 11.2 Å². The molecular weight excluding hydrogens is 128 g/mol.